The number of carbonyl (C=O) groups is 1. The Labute approximate surface area is 68.1 Å². The molecule has 66 valence electrons. The minimum atomic E-state index is -1.93. The van der Waals surface area contributed by atoms with Crippen LogP contribution in [0.4, 0.5) is 0 Å². The Bertz CT molecular complexity index is 174. The van der Waals surface area contributed by atoms with Crippen LogP contribution in [-0.4, -0.2) is 49.3 Å². The lowest BCUT2D eigenvalue weighted by Crippen LogP contribution is -2.43. The molecule has 0 aliphatic carbocycles. The zero-order chi connectivity index (χ0) is 9.99. The molecule has 0 aliphatic heterocycles. The molecule has 0 rings (SSSR count). The van der Waals surface area contributed by atoms with E-state index in [2.05, 4.69) is 0 Å². The summed E-state index contributed by atoms with van der Waals surface area (Å²) in [5.74, 6) is -1.40. The molecule has 0 fully saturated rings. The minimum absolute atomic E-state index is 0.0565. The van der Waals surface area contributed by atoms with E-state index in [0.29, 0.717) is 4.48 Å². The van der Waals surface area contributed by atoms with Crippen molar-refractivity contribution >= 4 is 5.97 Å². The van der Waals surface area contributed by atoms with E-state index in [4.69, 9.17) is 1.37 Å². The van der Waals surface area contributed by atoms with Gasteiger partial charge in [0.2, 0.25) is 0 Å². The van der Waals surface area contributed by atoms with Gasteiger partial charge in [0.05, 0.1) is 22.5 Å². The van der Waals surface area contributed by atoms with Gasteiger partial charge in [-0.2, -0.15) is 0 Å². The molecule has 0 amide bonds. The normalized spacial score (nSPS) is 18.7. The Morgan fingerprint density at radius 2 is 2.18 bits per heavy atom. The first-order valence-corrected chi connectivity index (χ1v) is 3.35. The van der Waals surface area contributed by atoms with Gasteiger partial charge in [0, 0.05) is 12.4 Å². The highest BCUT2D eigenvalue weighted by Gasteiger charge is 2.14. The summed E-state index contributed by atoms with van der Waals surface area (Å²) in [7, 11) is 5.32. The molecule has 0 aromatic heterocycles. The van der Waals surface area contributed by atoms with Crippen LogP contribution in [0.2, 0.25) is 0 Å². The summed E-state index contributed by atoms with van der Waals surface area (Å²) in [6.07, 6.45) is -2.58. The van der Waals surface area contributed by atoms with Crippen molar-refractivity contribution in [2.45, 2.75) is 12.5 Å². The second-order valence-electron chi connectivity index (χ2n) is 3.56. The van der Waals surface area contributed by atoms with E-state index in [1.54, 1.807) is 21.1 Å². The molecule has 1 atom stereocenters. The summed E-state index contributed by atoms with van der Waals surface area (Å²) < 4.78 is 7.57. The molecule has 0 aromatic rings. The van der Waals surface area contributed by atoms with E-state index in [9.17, 15) is 15.0 Å². The Morgan fingerprint density at radius 3 is 2.45 bits per heavy atom. The number of nitrogens with zero attached hydrogens (tertiary/aromatic N) is 1. The summed E-state index contributed by atoms with van der Waals surface area (Å²) in [6.45, 7) is 0.0565. The second kappa shape index (κ2) is 3.69. The third-order valence-corrected chi connectivity index (χ3v) is 1.01. The predicted octanol–water partition coefficient (Wildman–Crippen LogP) is -1.81. The van der Waals surface area contributed by atoms with Gasteiger partial charge in [-0.15, -0.1) is 0 Å². The fourth-order valence-electron chi connectivity index (χ4n) is 0.770. The molecule has 0 aromatic carbocycles. The van der Waals surface area contributed by atoms with Crippen molar-refractivity contribution < 1.29 is 20.9 Å². The van der Waals surface area contributed by atoms with Gasteiger partial charge in [-0.05, 0) is 0 Å². The van der Waals surface area contributed by atoms with Gasteiger partial charge in [0.15, 0.2) is 0 Å². The minimum Gasteiger partial charge on any atom is -0.550 e. The first-order chi connectivity index (χ1) is 5.12. The smallest absolute Gasteiger partial charge is 0.108 e. The number of aliphatic carboxylic acids is 1. The van der Waals surface area contributed by atoms with Crippen molar-refractivity contribution in [2.24, 2.45) is 0 Å². The number of carboxylic acid groups (broad SMARTS) is 1. The average molecular weight is 162 g/mol. The molecule has 11 heavy (non-hydrogen) atoms. The molecule has 1 N–H and O–H groups in total. The fourth-order valence-corrected chi connectivity index (χ4v) is 0.770. The topological polar surface area (TPSA) is 60.4 Å². The van der Waals surface area contributed by atoms with Gasteiger partial charge in [-0.3, -0.25) is 0 Å². The van der Waals surface area contributed by atoms with E-state index < -0.39 is 18.5 Å². The summed E-state index contributed by atoms with van der Waals surface area (Å²) in [5, 5.41) is 19.4. The molecule has 0 spiro atoms. The van der Waals surface area contributed by atoms with Crippen molar-refractivity contribution in [3.8, 4) is 0 Å². The van der Waals surface area contributed by atoms with Crippen molar-refractivity contribution in [1.82, 2.24) is 0 Å². The predicted molar refractivity (Wildman–Crippen MR) is 38.5 cm³/mol. The molecule has 0 aliphatic rings. The van der Waals surface area contributed by atoms with Crippen LogP contribution in [0.1, 0.15) is 7.79 Å². The number of likely N-dealkylation sites (N-methyl/N-ethyl adjacent to an activating group) is 1. The molecule has 0 heterocycles. The highest BCUT2D eigenvalue weighted by molar-refractivity contribution is 5.64. The molecule has 0 saturated carbocycles. The van der Waals surface area contributed by atoms with Gasteiger partial charge in [0.1, 0.15) is 12.6 Å². The van der Waals surface area contributed by atoms with Crippen LogP contribution in [0.25, 0.3) is 0 Å². The number of rotatable bonds is 4. The van der Waals surface area contributed by atoms with Gasteiger partial charge < -0.3 is 19.5 Å². The molecule has 4 nitrogen and oxygen atoms in total. The van der Waals surface area contributed by atoms with Crippen molar-refractivity contribution in [3.05, 3.63) is 0 Å². The summed E-state index contributed by atoms with van der Waals surface area (Å²) in [4.78, 5) is 10.1. The average Bonchev–Trinajstić information content (AvgIpc) is 1.48. The van der Waals surface area contributed by atoms with Crippen LogP contribution in [0.3, 0.4) is 0 Å². The first-order valence-electron chi connectivity index (χ1n) is 3.85. The van der Waals surface area contributed by atoms with Gasteiger partial charge in [0.25, 0.3) is 0 Å². The summed E-state index contributed by atoms with van der Waals surface area (Å²) >= 11 is 0. The Kier molecular flexibility index (Phi) is 2.84. The monoisotopic (exact) mass is 162 g/mol. The number of aliphatic hydroxyl groups is 1. The maximum atomic E-state index is 10.1. The zero-order valence-electron chi connectivity index (χ0n) is 8.13. The lowest BCUT2D eigenvalue weighted by molar-refractivity contribution is -0.873. The van der Waals surface area contributed by atoms with Crippen LogP contribution in [0.15, 0.2) is 0 Å². The quantitative estimate of drug-likeness (QED) is 0.496. The van der Waals surface area contributed by atoms with Gasteiger partial charge in [-0.25, -0.2) is 0 Å². The van der Waals surface area contributed by atoms with Crippen molar-refractivity contribution in [2.75, 3.05) is 27.7 Å². The second-order valence-corrected chi connectivity index (χ2v) is 3.56. The standard InChI is InChI=1S/C7H15NO3/c1-8(2,3)5-6(9)4-7(10)11/h6,9H,4-5H2,1-3H3/t6-/m0/s1/i6D. The van der Waals surface area contributed by atoms with Crippen LogP contribution in [0.5, 0.6) is 0 Å². The number of quaternary nitrogens is 1. The Balaban J connectivity index is 4.13. The number of hydrogen-bond donors (Lipinski definition) is 1. The maximum absolute atomic E-state index is 10.1. The molecule has 4 heteroatoms. The van der Waals surface area contributed by atoms with Crippen molar-refractivity contribution in [3.63, 3.8) is 0 Å². The number of carbonyl (C=O) groups excluding carboxylic acids is 1. The number of carboxylic acids is 1. The van der Waals surface area contributed by atoms with Gasteiger partial charge >= 0.3 is 0 Å². The maximum Gasteiger partial charge on any atom is 0.108 e. The van der Waals surface area contributed by atoms with Gasteiger partial charge in [-0.1, -0.05) is 0 Å². The lowest BCUT2D eigenvalue weighted by atomic mass is 10.2. The van der Waals surface area contributed by atoms with Crippen LogP contribution >= 0.6 is 0 Å². The van der Waals surface area contributed by atoms with E-state index in [0.717, 1.165) is 0 Å². The molecule has 0 bridgehead atoms. The van der Waals surface area contributed by atoms with E-state index in [1.807, 2.05) is 0 Å². The third kappa shape index (κ3) is 7.29. The third-order valence-electron chi connectivity index (χ3n) is 1.01. The number of hydrogen-bond acceptors (Lipinski definition) is 3. The van der Waals surface area contributed by atoms with E-state index >= 15 is 0 Å². The van der Waals surface area contributed by atoms with E-state index in [-0.39, 0.29) is 6.54 Å². The molecular weight excluding hydrogens is 146 g/mol. The van der Waals surface area contributed by atoms with Crippen LogP contribution in [0, 0.1) is 0 Å². The van der Waals surface area contributed by atoms with Crippen LogP contribution < -0.4 is 5.11 Å². The highest BCUT2D eigenvalue weighted by atomic mass is 16.4. The Hall–Kier alpha value is -0.610. The van der Waals surface area contributed by atoms with Crippen molar-refractivity contribution in [1.29, 1.82) is 0 Å². The highest BCUT2D eigenvalue weighted by Crippen LogP contribution is 1.97. The van der Waals surface area contributed by atoms with Crippen LogP contribution in [-0.2, 0) is 4.79 Å². The summed E-state index contributed by atoms with van der Waals surface area (Å²) in [5.41, 5.74) is 0. The Morgan fingerprint density at radius 1 is 1.73 bits per heavy atom. The molecule has 0 radical (unpaired) electrons. The summed E-state index contributed by atoms with van der Waals surface area (Å²) in [6, 6.07) is 0. The SMILES string of the molecule is [2H][C@](O)(CC(=O)[O-])C[N+](C)(C)C. The zero-order valence-corrected chi connectivity index (χ0v) is 7.13. The largest absolute Gasteiger partial charge is 0.550 e. The molecule has 0 unspecified atom stereocenters. The van der Waals surface area contributed by atoms with E-state index in [1.165, 1.54) is 0 Å². The first kappa shape index (κ1) is 8.49. The lowest BCUT2D eigenvalue weighted by Gasteiger charge is -2.26. The molecular formula is C7H15NO3. The fraction of sp³-hybridized carbons (Fsp3) is 0.857. The molecule has 0 saturated heterocycles.